The van der Waals surface area contributed by atoms with E-state index in [0.29, 0.717) is 25.3 Å². The Morgan fingerprint density at radius 1 is 1.14 bits per heavy atom. The number of likely N-dealkylation sites (tertiary alicyclic amines) is 1. The van der Waals surface area contributed by atoms with Crippen molar-refractivity contribution < 1.29 is 18.0 Å². The second-order valence-corrected chi connectivity index (χ2v) is 9.76. The standard InChI is InChI=1S/C24H26F3N7O/c1-22(2,18-5-3-4-8-29-18)31-21(35)33-9-6-23(14-33)7-10-34-19(23)12-17(32-34)15-11-16(24(25,26)27)20(28)30-13-15/h3-5,8,11-13H,6-7,9-10,14H2,1-2H3,(H2,28,30)(H,31,35). The number of pyridine rings is 2. The van der Waals surface area contributed by atoms with E-state index in [1.165, 1.54) is 6.20 Å². The van der Waals surface area contributed by atoms with Crippen LogP contribution in [0.4, 0.5) is 23.8 Å². The molecule has 0 aliphatic carbocycles. The number of aryl methyl sites for hydroxylation is 1. The summed E-state index contributed by atoms with van der Waals surface area (Å²) < 4.78 is 41.7. The molecule has 0 radical (unpaired) electrons. The number of halogens is 3. The van der Waals surface area contributed by atoms with Gasteiger partial charge in [0.2, 0.25) is 0 Å². The van der Waals surface area contributed by atoms with E-state index in [4.69, 9.17) is 5.73 Å². The third kappa shape index (κ3) is 4.08. The van der Waals surface area contributed by atoms with Crippen LogP contribution in [0, 0.1) is 0 Å². The molecular formula is C24H26F3N7O. The summed E-state index contributed by atoms with van der Waals surface area (Å²) in [6, 6.07) is 8.22. The molecule has 3 N–H and O–H groups in total. The van der Waals surface area contributed by atoms with Crippen LogP contribution in [-0.2, 0) is 23.7 Å². The fourth-order valence-corrected chi connectivity index (χ4v) is 5.05. The van der Waals surface area contributed by atoms with Crippen molar-refractivity contribution in [3.05, 3.63) is 59.7 Å². The Hall–Kier alpha value is -3.63. The summed E-state index contributed by atoms with van der Waals surface area (Å²) in [6.07, 6.45) is -0.0255. The number of alkyl halides is 3. The van der Waals surface area contributed by atoms with Gasteiger partial charge in [0.25, 0.3) is 0 Å². The van der Waals surface area contributed by atoms with E-state index in [2.05, 4.69) is 20.4 Å². The average Bonchev–Trinajstić information content (AvgIpc) is 3.51. The van der Waals surface area contributed by atoms with Crippen molar-refractivity contribution in [2.75, 3.05) is 18.8 Å². The first-order chi connectivity index (χ1) is 16.5. The number of urea groups is 1. The van der Waals surface area contributed by atoms with Gasteiger partial charge in [0.15, 0.2) is 0 Å². The van der Waals surface area contributed by atoms with Gasteiger partial charge in [-0.25, -0.2) is 9.78 Å². The molecule has 8 nitrogen and oxygen atoms in total. The van der Waals surface area contributed by atoms with Crippen molar-refractivity contribution in [3.63, 3.8) is 0 Å². The summed E-state index contributed by atoms with van der Waals surface area (Å²) in [5, 5.41) is 7.62. The highest BCUT2D eigenvalue weighted by Gasteiger charge is 2.47. The molecule has 0 aromatic carbocycles. The number of nitrogen functional groups attached to an aromatic ring is 1. The van der Waals surface area contributed by atoms with Gasteiger partial charge in [-0.1, -0.05) is 6.07 Å². The second-order valence-electron chi connectivity index (χ2n) is 9.76. The van der Waals surface area contributed by atoms with Gasteiger partial charge in [-0.2, -0.15) is 18.3 Å². The van der Waals surface area contributed by atoms with Gasteiger partial charge in [-0.05, 0) is 51.0 Å². The molecule has 3 aromatic heterocycles. The summed E-state index contributed by atoms with van der Waals surface area (Å²) in [4.78, 5) is 23.0. The van der Waals surface area contributed by atoms with E-state index in [1.54, 1.807) is 11.1 Å². The van der Waals surface area contributed by atoms with Crippen LogP contribution in [-0.4, -0.2) is 43.8 Å². The van der Waals surface area contributed by atoms with Gasteiger partial charge < -0.3 is 16.0 Å². The number of rotatable bonds is 3. The lowest BCUT2D eigenvalue weighted by atomic mass is 9.82. The number of carbonyl (C=O) groups is 1. The first kappa shape index (κ1) is 23.1. The zero-order valence-electron chi connectivity index (χ0n) is 19.4. The molecule has 3 aromatic rings. The zero-order valence-corrected chi connectivity index (χ0v) is 19.4. The van der Waals surface area contributed by atoms with E-state index in [1.807, 2.05) is 42.8 Å². The highest BCUT2D eigenvalue weighted by Crippen LogP contribution is 2.44. The van der Waals surface area contributed by atoms with E-state index >= 15 is 0 Å². The molecule has 1 fully saturated rings. The second kappa shape index (κ2) is 7.96. The number of carbonyl (C=O) groups excluding carboxylic acids is 1. The Balaban J connectivity index is 1.36. The SMILES string of the molecule is CC(C)(NC(=O)N1CCC2(CCn3nc(-c4cnc(N)c(C(F)(F)F)c4)cc32)C1)c1ccccn1. The summed E-state index contributed by atoms with van der Waals surface area (Å²) in [7, 11) is 0. The molecule has 1 atom stereocenters. The fourth-order valence-electron chi connectivity index (χ4n) is 5.05. The minimum Gasteiger partial charge on any atom is -0.383 e. The molecule has 35 heavy (non-hydrogen) atoms. The maximum atomic E-state index is 13.3. The van der Waals surface area contributed by atoms with E-state index < -0.39 is 23.1 Å². The molecular weight excluding hydrogens is 459 g/mol. The number of nitrogens with one attached hydrogen (secondary N) is 1. The zero-order chi connectivity index (χ0) is 25.0. The van der Waals surface area contributed by atoms with Crippen molar-refractivity contribution in [2.24, 2.45) is 0 Å². The van der Waals surface area contributed by atoms with Crippen LogP contribution in [0.3, 0.4) is 0 Å². The quantitative estimate of drug-likeness (QED) is 0.585. The van der Waals surface area contributed by atoms with Gasteiger partial charge in [0, 0.05) is 48.7 Å². The molecule has 1 unspecified atom stereocenters. The molecule has 1 spiro atoms. The van der Waals surface area contributed by atoms with Gasteiger partial charge in [0.05, 0.1) is 22.5 Å². The van der Waals surface area contributed by atoms with Crippen LogP contribution in [0.2, 0.25) is 0 Å². The normalized spacial score (nSPS) is 19.9. The smallest absolute Gasteiger partial charge is 0.383 e. The maximum Gasteiger partial charge on any atom is 0.419 e. The van der Waals surface area contributed by atoms with Crippen LogP contribution in [0.15, 0.2) is 42.7 Å². The molecule has 0 bridgehead atoms. The van der Waals surface area contributed by atoms with Gasteiger partial charge in [-0.3, -0.25) is 9.67 Å². The number of aromatic nitrogens is 4. The van der Waals surface area contributed by atoms with E-state index in [9.17, 15) is 18.0 Å². The first-order valence-corrected chi connectivity index (χ1v) is 11.4. The van der Waals surface area contributed by atoms with Crippen LogP contribution in [0.25, 0.3) is 11.3 Å². The molecule has 184 valence electrons. The highest BCUT2D eigenvalue weighted by molar-refractivity contribution is 5.76. The van der Waals surface area contributed by atoms with Gasteiger partial charge in [-0.15, -0.1) is 0 Å². The molecule has 11 heteroatoms. The van der Waals surface area contributed by atoms with Gasteiger partial charge in [0.1, 0.15) is 5.82 Å². The van der Waals surface area contributed by atoms with Gasteiger partial charge >= 0.3 is 12.2 Å². The topological polar surface area (TPSA) is 102 Å². The Morgan fingerprint density at radius 3 is 2.63 bits per heavy atom. The Morgan fingerprint density at radius 2 is 1.91 bits per heavy atom. The Labute approximate surface area is 200 Å². The summed E-state index contributed by atoms with van der Waals surface area (Å²) in [5.41, 5.74) is 5.90. The number of hydrogen-bond acceptors (Lipinski definition) is 5. The monoisotopic (exact) mass is 485 g/mol. The lowest BCUT2D eigenvalue weighted by Crippen LogP contribution is -2.48. The van der Waals surface area contributed by atoms with E-state index in [-0.39, 0.29) is 17.0 Å². The molecule has 1 saturated heterocycles. The lowest BCUT2D eigenvalue weighted by molar-refractivity contribution is -0.137. The summed E-state index contributed by atoms with van der Waals surface area (Å²) in [5.74, 6) is -0.560. The van der Waals surface area contributed by atoms with Crippen molar-refractivity contribution in [1.82, 2.24) is 30.0 Å². The van der Waals surface area contributed by atoms with Crippen molar-refractivity contribution in [3.8, 4) is 11.3 Å². The molecule has 2 aliphatic rings. The lowest BCUT2D eigenvalue weighted by Gasteiger charge is -2.30. The number of hydrogen-bond donors (Lipinski definition) is 2. The average molecular weight is 486 g/mol. The highest BCUT2D eigenvalue weighted by atomic mass is 19.4. The predicted molar refractivity (Wildman–Crippen MR) is 123 cm³/mol. The summed E-state index contributed by atoms with van der Waals surface area (Å²) >= 11 is 0. The minimum absolute atomic E-state index is 0.173. The minimum atomic E-state index is -4.60. The third-order valence-corrected chi connectivity index (χ3v) is 7.01. The number of nitrogens with zero attached hydrogens (tertiary/aromatic N) is 5. The third-order valence-electron chi connectivity index (χ3n) is 7.01. The molecule has 2 amide bonds. The van der Waals surface area contributed by atoms with Crippen LogP contribution in [0.1, 0.15) is 43.6 Å². The van der Waals surface area contributed by atoms with Crippen molar-refractivity contribution in [2.45, 2.75) is 50.4 Å². The van der Waals surface area contributed by atoms with Crippen LogP contribution >= 0.6 is 0 Å². The van der Waals surface area contributed by atoms with Crippen molar-refractivity contribution in [1.29, 1.82) is 0 Å². The van der Waals surface area contributed by atoms with Crippen LogP contribution < -0.4 is 11.1 Å². The Bertz CT molecular complexity index is 1270. The molecule has 0 saturated carbocycles. The summed E-state index contributed by atoms with van der Waals surface area (Å²) in [6.45, 7) is 5.54. The predicted octanol–water partition coefficient (Wildman–Crippen LogP) is 3.93. The molecule has 2 aliphatic heterocycles. The fraction of sp³-hybridized carbons (Fsp3) is 0.417. The van der Waals surface area contributed by atoms with E-state index in [0.717, 1.165) is 30.3 Å². The van der Waals surface area contributed by atoms with Crippen LogP contribution in [0.5, 0.6) is 0 Å². The number of nitrogens with two attached hydrogens (primary N) is 1. The van der Waals surface area contributed by atoms with Crippen molar-refractivity contribution >= 4 is 11.8 Å². The molecule has 5 heterocycles. The Kier molecular flexibility index (Phi) is 5.26. The first-order valence-electron chi connectivity index (χ1n) is 11.4. The number of fused-ring (bicyclic) bond motifs is 2. The number of amides is 2. The molecule has 5 rings (SSSR count). The maximum absolute atomic E-state index is 13.3. The largest absolute Gasteiger partial charge is 0.419 e. The number of anilines is 1.